The molecule has 0 N–H and O–H groups in total. The van der Waals surface area contributed by atoms with Crippen LogP contribution in [-0.4, -0.2) is 16.1 Å². The van der Waals surface area contributed by atoms with E-state index in [-0.39, 0.29) is 5.78 Å². The van der Waals surface area contributed by atoms with Crippen LogP contribution in [0.15, 0.2) is 47.5 Å². The first-order chi connectivity index (χ1) is 8.18. The average Bonchev–Trinajstić information content (AvgIpc) is 2.74. The average molecular weight is 245 g/mol. The van der Waals surface area contributed by atoms with Crippen molar-refractivity contribution in [2.24, 2.45) is 7.05 Å². The first kappa shape index (κ1) is 12.0. The lowest BCUT2D eigenvalue weighted by Crippen LogP contribution is -2.07. The Morgan fingerprint density at radius 1 is 1.24 bits per heavy atom. The molecule has 0 radical (unpaired) electrons. The van der Waals surface area contributed by atoms with Gasteiger partial charge in [0.15, 0.2) is 5.78 Å². The number of rotatable bonds is 4. The second-order valence-corrected chi connectivity index (χ2v) is 5.00. The van der Waals surface area contributed by atoms with Gasteiger partial charge in [0.2, 0.25) is 0 Å². The fourth-order valence-corrected chi connectivity index (χ4v) is 2.59. The van der Waals surface area contributed by atoms with Gasteiger partial charge in [0.1, 0.15) is 0 Å². The van der Waals surface area contributed by atoms with Gasteiger partial charge >= 0.3 is 0 Å². The number of thioether (sulfide) groups is 1. The number of benzene rings is 1. The van der Waals surface area contributed by atoms with E-state index in [2.05, 4.69) is 19.1 Å². The molecule has 0 fully saturated rings. The number of carbonyl (C=O) groups excluding carboxylic acids is 1. The molecule has 1 aromatic carbocycles. The fraction of sp³-hybridized carbons (Fsp3) is 0.214. The van der Waals surface area contributed by atoms with Crippen LogP contribution in [0.3, 0.4) is 0 Å². The third-order valence-electron chi connectivity index (χ3n) is 2.68. The molecule has 2 nitrogen and oxygen atoms in total. The number of carbonyl (C=O) groups is 1. The molecule has 0 saturated heterocycles. The van der Waals surface area contributed by atoms with Gasteiger partial charge < -0.3 is 4.57 Å². The molecule has 0 aliphatic rings. The number of aromatic nitrogens is 1. The van der Waals surface area contributed by atoms with Crippen LogP contribution in [0.25, 0.3) is 0 Å². The summed E-state index contributed by atoms with van der Waals surface area (Å²) in [6.45, 7) is 2.06. The SMILES string of the molecule is Cc1ccccc1SCC(=O)c1cccn1C. The highest BCUT2D eigenvalue weighted by Gasteiger charge is 2.09. The maximum atomic E-state index is 12.0. The highest BCUT2D eigenvalue weighted by Crippen LogP contribution is 2.22. The highest BCUT2D eigenvalue weighted by molar-refractivity contribution is 8.00. The first-order valence-electron chi connectivity index (χ1n) is 5.51. The van der Waals surface area contributed by atoms with Crippen molar-refractivity contribution in [3.8, 4) is 0 Å². The molecule has 0 aliphatic carbocycles. The van der Waals surface area contributed by atoms with E-state index in [1.807, 2.05) is 42.1 Å². The maximum absolute atomic E-state index is 12.0. The van der Waals surface area contributed by atoms with Crippen molar-refractivity contribution in [3.63, 3.8) is 0 Å². The summed E-state index contributed by atoms with van der Waals surface area (Å²) in [4.78, 5) is 13.1. The zero-order chi connectivity index (χ0) is 12.3. The molecule has 1 heterocycles. The van der Waals surface area contributed by atoms with E-state index < -0.39 is 0 Å². The minimum atomic E-state index is 0.172. The second-order valence-electron chi connectivity index (χ2n) is 3.98. The molecule has 88 valence electrons. The minimum absolute atomic E-state index is 0.172. The molecule has 3 heteroatoms. The molecule has 0 bridgehead atoms. The summed E-state index contributed by atoms with van der Waals surface area (Å²) >= 11 is 1.60. The van der Waals surface area contributed by atoms with Gasteiger partial charge in [-0.3, -0.25) is 4.79 Å². The summed E-state index contributed by atoms with van der Waals surface area (Å²) < 4.78 is 1.86. The van der Waals surface area contributed by atoms with Crippen molar-refractivity contribution in [3.05, 3.63) is 53.9 Å². The Labute approximate surface area is 106 Å². The number of ketones is 1. The van der Waals surface area contributed by atoms with Gasteiger partial charge in [-0.05, 0) is 30.7 Å². The molecule has 1 aromatic heterocycles. The number of aryl methyl sites for hydroxylation is 2. The highest BCUT2D eigenvalue weighted by atomic mass is 32.2. The van der Waals surface area contributed by atoms with Crippen LogP contribution in [-0.2, 0) is 7.05 Å². The van der Waals surface area contributed by atoms with Crippen molar-refractivity contribution < 1.29 is 4.79 Å². The zero-order valence-electron chi connectivity index (χ0n) is 10.0. The van der Waals surface area contributed by atoms with Crippen LogP contribution in [0, 0.1) is 6.92 Å². The molecule has 2 aromatic rings. The summed E-state index contributed by atoms with van der Waals surface area (Å²) in [5.41, 5.74) is 1.99. The van der Waals surface area contributed by atoms with E-state index in [0.29, 0.717) is 5.75 Å². The molecular weight excluding hydrogens is 230 g/mol. The topological polar surface area (TPSA) is 22.0 Å². The van der Waals surface area contributed by atoms with E-state index in [4.69, 9.17) is 0 Å². The summed E-state index contributed by atoms with van der Waals surface area (Å²) in [5, 5.41) is 0. The molecule has 0 saturated carbocycles. The van der Waals surface area contributed by atoms with Gasteiger partial charge in [-0.1, -0.05) is 18.2 Å². The van der Waals surface area contributed by atoms with Gasteiger partial charge in [-0.15, -0.1) is 11.8 Å². The Bertz CT molecular complexity index is 531. The third kappa shape index (κ3) is 2.80. The van der Waals surface area contributed by atoms with Crippen molar-refractivity contribution in [2.75, 3.05) is 5.75 Å². The Kier molecular flexibility index (Phi) is 3.69. The largest absolute Gasteiger partial charge is 0.348 e. The van der Waals surface area contributed by atoms with Crippen molar-refractivity contribution in [1.82, 2.24) is 4.57 Å². The molecule has 0 spiro atoms. The number of hydrogen-bond donors (Lipinski definition) is 0. The van der Waals surface area contributed by atoms with E-state index in [0.717, 1.165) is 5.69 Å². The third-order valence-corrected chi connectivity index (χ3v) is 3.86. The lowest BCUT2D eigenvalue weighted by Gasteiger charge is -2.05. The summed E-state index contributed by atoms with van der Waals surface area (Å²) in [5.74, 6) is 0.661. The van der Waals surface area contributed by atoms with Crippen molar-refractivity contribution in [1.29, 1.82) is 0 Å². The lowest BCUT2D eigenvalue weighted by molar-refractivity contribution is 0.101. The summed E-state index contributed by atoms with van der Waals surface area (Å²) in [6.07, 6.45) is 1.89. The number of nitrogens with zero attached hydrogens (tertiary/aromatic N) is 1. The second kappa shape index (κ2) is 5.23. The normalized spacial score (nSPS) is 10.5. The number of hydrogen-bond acceptors (Lipinski definition) is 2. The van der Waals surface area contributed by atoms with Gasteiger partial charge in [0.25, 0.3) is 0 Å². The predicted octanol–water partition coefficient (Wildman–Crippen LogP) is 3.31. The van der Waals surface area contributed by atoms with E-state index in [9.17, 15) is 4.79 Å². The lowest BCUT2D eigenvalue weighted by atomic mass is 10.2. The van der Waals surface area contributed by atoms with Crippen molar-refractivity contribution >= 4 is 17.5 Å². The van der Waals surface area contributed by atoms with Crippen LogP contribution in [0.5, 0.6) is 0 Å². The predicted molar refractivity (Wildman–Crippen MR) is 71.6 cm³/mol. The fourth-order valence-electron chi connectivity index (χ4n) is 1.69. The minimum Gasteiger partial charge on any atom is -0.348 e. The van der Waals surface area contributed by atoms with Crippen LogP contribution < -0.4 is 0 Å². The van der Waals surface area contributed by atoms with E-state index in [1.54, 1.807) is 11.8 Å². The molecule has 0 aliphatic heterocycles. The quantitative estimate of drug-likeness (QED) is 0.609. The van der Waals surface area contributed by atoms with Gasteiger partial charge in [-0.25, -0.2) is 0 Å². The number of Topliss-reactive ketones (excluding diaryl/α,β-unsaturated/α-hetero) is 1. The zero-order valence-corrected chi connectivity index (χ0v) is 10.8. The Morgan fingerprint density at radius 3 is 2.65 bits per heavy atom. The Morgan fingerprint density at radius 2 is 2.00 bits per heavy atom. The van der Waals surface area contributed by atoms with Crippen LogP contribution in [0.1, 0.15) is 16.1 Å². The maximum Gasteiger partial charge on any atom is 0.189 e. The summed E-state index contributed by atoms with van der Waals surface area (Å²) in [6, 6.07) is 11.9. The summed E-state index contributed by atoms with van der Waals surface area (Å²) in [7, 11) is 1.89. The first-order valence-corrected chi connectivity index (χ1v) is 6.50. The molecule has 2 rings (SSSR count). The molecule has 17 heavy (non-hydrogen) atoms. The van der Waals surface area contributed by atoms with E-state index >= 15 is 0 Å². The van der Waals surface area contributed by atoms with Gasteiger partial charge in [-0.2, -0.15) is 0 Å². The smallest absolute Gasteiger partial charge is 0.189 e. The monoisotopic (exact) mass is 245 g/mol. The standard InChI is InChI=1S/C14H15NOS/c1-11-6-3-4-8-14(11)17-10-13(16)12-7-5-9-15(12)2/h3-9H,10H2,1-2H3. The van der Waals surface area contributed by atoms with Gasteiger partial charge in [0, 0.05) is 18.1 Å². The molecule has 0 amide bonds. The molecular formula is C14H15NOS. The molecule has 0 unspecified atom stereocenters. The van der Waals surface area contributed by atoms with Crippen molar-refractivity contribution in [2.45, 2.75) is 11.8 Å². The molecule has 0 atom stereocenters. The van der Waals surface area contributed by atoms with Crippen LogP contribution in [0.2, 0.25) is 0 Å². The Balaban J connectivity index is 2.02. The van der Waals surface area contributed by atoms with Gasteiger partial charge in [0.05, 0.1) is 11.4 Å². The van der Waals surface area contributed by atoms with E-state index in [1.165, 1.54) is 10.5 Å². The van der Waals surface area contributed by atoms with Crippen LogP contribution >= 0.6 is 11.8 Å². The van der Waals surface area contributed by atoms with Crippen LogP contribution in [0.4, 0.5) is 0 Å². The Hall–Kier alpha value is -1.48.